The zero-order chi connectivity index (χ0) is 11.4. The summed E-state index contributed by atoms with van der Waals surface area (Å²) in [7, 11) is 0. The first kappa shape index (κ1) is 10.7. The quantitative estimate of drug-likeness (QED) is 0.757. The monoisotopic (exact) mass is 232 g/mol. The van der Waals surface area contributed by atoms with E-state index in [0.29, 0.717) is 17.2 Å². The van der Waals surface area contributed by atoms with Gasteiger partial charge < -0.3 is 4.74 Å². The summed E-state index contributed by atoms with van der Waals surface area (Å²) >= 11 is 5.81. The van der Waals surface area contributed by atoms with Gasteiger partial charge in [-0.25, -0.2) is 0 Å². The Morgan fingerprint density at radius 3 is 1.88 bits per heavy atom. The molecule has 0 aliphatic rings. The van der Waals surface area contributed by atoms with Crippen LogP contribution >= 0.6 is 11.6 Å². The third kappa shape index (κ3) is 2.41. The second-order valence-electron chi connectivity index (χ2n) is 3.25. The molecular weight excluding hydrogens is 224 g/mol. The third-order valence-electron chi connectivity index (χ3n) is 2.22. The Bertz CT molecular complexity index is 474. The molecule has 0 radical (unpaired) electrons. The molecule has 0 aliphatic carbocycles. The van der Waals surface area contributed by atoms with Crippen LogP contribution in [0.15, 0.2) is 48.5 Å². The summed E-state index contributed by atoms with van der Waals surface area (Å²) in [5, 5.41) is 0.713. The lowest BCUT2D eigenvalue weighted by Crippen LogP contribution is -1.87. The maximum atomic E-state index is 10.1. The maximum Gasteiger partial charge on any atom is 0.298 e. The van der Waals surface area contributed by atoms with Gasteiger partial charge in [-0.1, -0.05) is 35.9 Å². The maximum absolute atomic E-state index is 10.1. The second-order valence-corrected chi connectivity index (χ2v) is 3.68. The predicted octanol–water partition coefficient (Wildman–Crippen LogP) is 3.54. The van der Waals surface area contributed by atoms with Crippen molar-refractivity contribution in [2.75, 3.05) is 0 Å². The van der Waals surface area contributed by atoms with Gasteiger partial charge >= 0.3 is 0 Å². The fourth-order valence-corrected chi connectivity index (χ4v) is 1.55. The molecule has 3 heteroatoms. The van der Waals surface area contributed by atoms with E-state index < -0.39 is 0 Å². The van der Waals surface area contributed by atoms with Crippen molar-refractivity contribution in [3.05, 3.63) is 53.6 Å². The molecule has 2 aromatic carbocycles. The average Bonchev–Trinajstić information content (AvgIpc) is 2.32. The summed E-state index contributed by atoms with van der Waals surface area (Å²) in [6.07, 6.45) is 0. The molecular formula is C13H9ClO2. The lowest BCUT2D eigenvalue weighted by Gasteiger charge is -2.03. The third-order valence-corrected chi connectivity index (χ3v) is 2.47. The number of carbonyl (C=O) groups excluding carboxylic acids is 1. The molecule has 0 unspecified atom stereocenters. The number of hydrogen-bond donors (Lipinski definition) is 0. The van der Waals surface area contributed by atoms with Crippen molar-refractivity contribution >= 4 is 18.1 Å². The van der Waals surface area contributed by atoms with Crippen LogP contribution in [-0.2, 0) is 4.79 Å². The Morgan fingerprint density at radius 1 is 0.875 bits per heavy atom. The van der Waals surface area contributed by atoms with Crippen molar-refractivity contribution in [1.82, 2.24) is 0 Å². The van der Waals surface area contributed by atoms with Gasteiger partial charge in [-0.15, -0.1) is 0 Å². The largest absolute Gasteiger partial charge is 0.429 e. The summed E-state index contributed by atoms with van der Waals surface area (Å²) in [5.74, 6) is 0.535. The molecule has 16 heavy (non-hydrogen) atoms. The van der Waals surface area contributed by atoms with E-state index in [1.807, 2.05) is 36.4 Å². The van der Waals surface area contributed by atoms with Crippen LogP contribution in [0.4, 0.5) is 0 Å². The molecule has 0 saturated heterocycles. The highest BCUT2D eigenvalue weighted by Gasteiger charge is 1.98. The van der Waals surface area contributed by atoms with Crippen LogP contribution in [0.2, 0.25) is 5.02 Å². The van der Waals surface area contributed by atoms with Crippen molar-refractivity contribution in [2.45, 2.75) is 0 Å². The van der Waals surface area contributed by atoms with Gasteiger partial charge in [0.05, 0.1) is 0 Å². The van der Waals surface area contributed by atoms with E-state index in [9.17, 15) is 4.79 Å². The van der Waals surface area contributed by atoms with Crippen molar-refractivity contribution in [1.29, 1.82) is 0 Å². The van der Waals surface area contributed by atoms with Gasteiger partial charge in [0.2, 0.25) is 0 Å². The summed E-state index contributed by atoms with van der Waals surface area (Å²) in [4.78, 5) is 10.1. The van der Waals surface area contributed by atoms with E-state index in [1.54, 1.807) is 12.1 Å². The Balaban J connectivity index is 2.27. The lowest BCUT2D eigenvalue weighted by molar-refractivity contribution is -0.120. The minimum atomic E-state index is 0.414. The molecule has 0 aliphatic heterocycles. The zero-order valence-corrected chi connectivity index (χ0v) is 9.15. The Kier molecular flexibility index (Phi) is 3.22. The van der Waals surface area contributed by atoms with E-state index in [1.165, 1.54) is 0 Å². The van der Waals surface area contributed by atoms with Crippen LogP contribution in [0.1, 0.15) is 0 Å². The van der Waals surface area contributed by atoms with Crippen molar-refractivity contribution in [2.24, 2.45) is 0 Å². The van der Waals surface area contributed by atoms with Gasteiger partial charge in [0, 0.05) is 5.02 Å². The number of halogens is 1. The second kappa shape index (κ2) is 4.81. The SMILES string of the molecule is O=COc1ccc(-c2ccc(Cl)cc2)cc1. The molecule has 0 N–H and O–H groups in total. The highest BCUT2D eigenvalue weighted by molar-refractivity contribution is 6.30. The van der Waals surface area contributed by atoms with Gasteiger partial charge in [0.15, 0.2) is 0 Å². The summed E-state index contributed by atoms with van der Waals surface area (Å²) < 4.78 is 4.71. The van der Waals surface area contributed by atoms with Crippen LogP contribution in [0.25, 0.3) is 11.1 Å². The van der Waals surface area contributed by atoms with Gasteiger partial charge in [0.1, 0.15) is 5.75 Å². The normalized spacial score (nSPS) is 9.81. The van der Waals surface area contributed by atoms with Crippen LogP contribution < -0.4 is 4.74 Å². The Morgan fingerprint density at radius 2 is 1.38 bits per heavy atom. The van der Waals surface area contributed by atoms with Gasteiger partial charge in [-0.2, -0.15) is 0 Å². The van der Waals surface area contributed by atoms with Gasteiger partial charge in [-0.05, 0) is 35.4 Å². The van der Waals surface area contributed by atoms with E-state index in [0.717, 1.165) is 11.1 Å². The van der Waals surface area contributed by atoms with Crippen LogP contribution in [-0.4, -0.2) is 6.47 Å². The topological polar surface area (TPSA) is 26.3 Å². The van der Waals surface area contributed by atoms with E-state index in [2.05, 4.69) is 0 Å². The van der Waals surface area contributed by atoms with Crippen molar-refractivity contribution < 1.29 is 9.53 Å². The molecule has 0 amide bonds. The van der Waals surface area contributed by atoms with E-state index in [-0.39, 0.29) is 0 Å². The fourth-order valence-electron chi connectivity index (χ4n) is 1.42. The summed E-state index contributed by atoms with van der Waals surface area (Å²) in [6, 6.07) is 14.8. The van der Waals surface area contributed by atoms with Crippen LogP contribution in [0.5, 0.6) is 5.75 Å². The fraction of sp³-hybridized carbons (Fsp3) is 0. The standard InChI is InChI=1S/C13H9ClO2/c14-12-5-1-10(2-6-12)11-3-7-13(8-4-11)16-9-15/h1-9H. The molecule has 80 valence electrons. The minimum Gasteiger partial charge on any atom is -0.429 e. The van der Waals surface area contributed by atoms with E-state index >= 15 is 0 Å². The minimum absolute atomic E-state index is 0.414. The molecule has 0 saturated carbocycles. The molecule has 0 atom stereocenters. The predicted molar refractivity (Wildman–Crippen MR) is 63.6 cm³/mol. The number of carbonyl (C=O) groups is 1. The van der Waals surface area contributed by atoms with Crippen molar-refractivity contribution in [3.63, 3.8) is 0 Å². The number of benzene rings is 2. The molecule has 0 bridgehead atoms. The number of ether oxygens (including phenoxy) is 1. The average molecular weight is 233 g/mol. The Labute approximate surface area is 98.4 Å². The smallest absolute Gasteiger partial charge is 0.298 e. The molecule has 2 aromatic rings. The highest BCUT2D eigenvalue weighted by atomic mass is 35.5. The lowest BCUT2D eigenvalue weighted by atomic mass is 10.1. The molecule has 0 aromatic heterocycles. The van der Waals surface area contributed by atoms with E-state index in [4.69, 9.17) is 16.3 Å². The molecule has 0 heterocycles. The molecule has 2 rings (SSSR count). The van der Waals surface area contributed by atoms with Crippen LogP contribution in [0, 0.1) is 0 Å². The molecule has 2 nitrogen and oxygen atoms in total. The molecule has 0 fully saturated rings. The van der Waals surface area contributed by atoms with Gasteiger partial charge in [0.25, 0.3) is 6.47 Å². The first-order valence-electron chi connectivity index (χ1n) is 4.76. The first-order valence-corrected chi connectivity index (χ1v) is 5.14. The number of rotatable bonds is 3. The van der Waals surface area contributed by atoms with Crippen LogP contribution in [0.3, 0.4) is 0 Å². The van der Waals surface area contributed by atoms with Gasteiger partial charge in [-0.3, -0.25) is 4.79 Å². The highest BCUT2D eigenvalue weighted by Crippen LogP contribution is 2.23. The zero-order valence-electron chi connectivity index (χ0n) is 8.39. The first-order chi connectivity index (χ1) is 7.79. The summed E-state index contributed by atoms with van der Waals surface area (Å²) in [6.45, 7) is 0.414. The summed E-state index contributed by atoms with van der Waals surface area (Å²) in [5.41, 5.74) is 2.12. The molecule has 0 spiro atoms. The van der Waals surface area contributed by atoms with Crippen molar-refractivity contribution in [3.8, 4) is 16.9 Å². The Hall–Kier alpha value is -1.80. The number of hydrogen-bond acceptors (Lipinski definition) is 2.